The normalized spacial score (nSPS) is 20.0. The maximum atomic E-state index is 12.9. The molecule has 0 aromatic heterocycles. The number of hydrogen-bond donors (Lipinski definition) is 0. The van der Waals surface area contributed by atoms with E-state index < -0.39 is 0 Å². The van der Waals surface area contributed by atoms with Crippen molar-refractivity contribution in [1.82, 2.24) is 9.80 Å². The van der Waals surface area contributed by atoms with Gasteiger partial charge >= 0.3 is 0 Å². The van der Waals surface area contributed by atoms with E-state index >= 15 is 0 Å². The van der Waals surface area contributed by atoms with Gasteiger partial charge in [-0.15, -0.1) is 0 Å². The Kier molecular flexibility index (Phi) is 4.88. The quantitative estimate of drug-likeness (QED) is 0.835. The molecule has 2 amide bonds. The molecule has 0 radical (unpaired) electrons. The molecule has 2 heterocycles. The van der Waals surface area contributed by atoms with Gasteiger partial charge in [0.05, 0.1) is 20.1 Å². The summed E-state index contributed by atoms with van der Waals surface area (Å²) in [6.07, 6.45) is 1.11. The molecule has 0 spiro atoms. The third-order valence-electron chi connectivity index (χ3n) is 5.16. The largest absolute Gasteiger partial charge is 0.493 e. The molecule has 6 heteroatoms. The van der Waals surface area contributed by atoms with E-state index in [0.717, 1.165) is 17.7 Å². The third-order valence-corrected chi connectivity index (χ3v) is 5.16. The van der Waals surface area contributed by atoms with Crippen LogP contribution >= 0.6 is 0 Å². The van der Waals surface area contributed by atoms with Crippen LogP contribution < -0.4 is 9.47 Å². The van der Waals surface area contributed by atoms with Crippen LogP contribution in [0.3, 0.4) is 0 Å². The van der Waals surface area contributed by atoms with Crippen molar-refractivity contribution in [3.8, 4) is 11.5 Å². The molecule has 0 aliphatic carbocycles. The van der Waals surface area contributed by atoms with E-state index in [1.54, 1.807) is 19.1 Å². The standard InChI is InChI=1S/C19H26N2O4/c1-12(2)21-11-15(9-18(21)22)19(23)20-6-5-13-7-16(24-3)17(25-4)8-14(13)10-20/h7-8,12,15H,5-6,9-11H2,1-4H3/t15-/m0/s1. The average Bonchev–Trinajstić information content (AvgIpc) is 3.01. The number of hydrogen-bond acceptors (Lipinski definition) is 4. The van der Waals surface area contributed by atoms with Crippen molar-refractivity contribution in [2.45, 2.75) is 39.3 Å². The number of rotatable bonds is 4. The fourth-order valence-electron chi connectivity index (χ4n) is 3.73. The number of ether oxygens (including phenoxy) is 2. The predicted octanol–water partition coefficient (Wildman–Crippen LogP) is 1.85. The molecule has 25 heavy (non-hydrogen) atoms. The average molecular weight is 346 g/mol. The summed E-state index contributed by atoms with van der Waals surface area (Å²) in [5, 5.41) is 0. The highest BCUT2D eigenvalue weighted by Gasteiger charge is 2.38. The molecule has 0 bridgehead atoms. The molecule has 1 aromatic carbocycles. The second kappa shape index (κ2) is 6.94. The second-order valence-corrected chi connectivity index (χ2v) is 7.03. The number of carbonyl (C=O) groups excluding carboxylic acids is 2. The van der Waals surface area contributed by atoms with Crippen molar-refractivity contribution < 1.29 is 19.1 Å². The van der Waals surface area contributed by atoms with E-state index in [1.165, 1.54) is 5.56 Å². The van der Waals surface area contributed by atoms with E-state index in [0.29, 0.717) is 31.8 Å². The van der Waals surface area contributed by atoms with Gasteiger partial charge in [-0.1, -0.05) is 0 Å². The van der Waals surface area contributed by atoms with Gasteiger partial charge in [0, 0.05) is 32.1 Å². The number of likely N-dealkylation sites (tertiary alicyclic amines) is 1. The van der Waals surface area contributed by atoms with Gasteiger partial charge < -0.3 is 19.3 Å². The van der Waals surface area contributed by atoms with Crippen LogP contribution in [0.5, 0.6) is 11.5 Å². The topological polar surface area (TPSA) is 59.1 Å². The summed E-state index contributed by atoms with van der Waals surface area (Å²) in [5.74, 6) is 1.33. The Balaban J connectivity index is 1.74. The Hall–Kier alpha value is -2.24. The monoisotopic (exact) mass is 346 g/mol. The van der Waals surface area contributed by atoms with Gasteiger partial charge in [-0.05, 0) is 43.5 Å². The van der Waals surface area contributed by atoms with Gasteiger partial charge in [0.25, 0.3) is 0 Å². The first kappa shape index (κ1) is 17.6. The first-order chi connectivity index (χ1) is 11.9. The third kappa shape index (κ3) is 3.30. The van der Waals surface area contributed by atoms with Gasteiger partial charge in [-0.3, -0.25) is 9.59 Å². The maximum Gasteiger partial charge on any atom is 0.228 e. The minimum Gasteiger partial charge on any atom is -0.493 e. The molecule has 0 saturated carbocycles. The van der Waals surface area contributed by atoms with E-state index in [1.807, 2.05) is 30.9 Å². The molecule has 1 fully saturated rings. The Morgan fingerprint density at radius 2 is 1.80 bits per heavy atom. The number of carbonyl (C=O) groups is 2. The number of amides is 2. The zero-order valence-electron chi connectivity index (χ0n) is 15.4. The first-order valence-corrected chi connectivity index (χ1v) is 8.76. The Morgan fingerprint density at radius 3 is 2.36 bits per heavy atom. The predicted molar refractivity (Wildman–Crippen MR) is 93.6 cm³/mol. The van der Waals surface area contributed by atoms with Crippen LogP contribution in [0, 0.1) is 5.92 Å². The second-order valence-electron chi connectivity index (χ2n) is 7.03. The fourth-order valence-corrected chi connectivity index (χ4v) is 3.73. The Morgan fingerprint density at radius 1 is 1.16 bits per heavy atom. The SMILES string of the molecule is COc1cc2c(cc1OC)CN(C(=O)[C@H]1CC(=O)N(C(C)C)C1)CC2. The molecule has 1 saturated heterocycles. The number of benzene rings is 1. The van der Waals surface area contributed by atoms with Gasteiger partial charge in [-0.25, -0.2) is 0 Å². The molecule has 0 N–H and O–H groups in total. The van der Waals surface area contributed by atoms with Crippen molar-refractivity contribution >= 4 is 11.8 Å². The summed E-state index contributed by atoms with van der Waals surface area (Å²) in [5.41, 5.74) is 2.27. The lowest BCUT2D eigenvalue weighted by atomic mass is 9.97. The zero-order chi connectivity index (χ0) is 18.1. The van der Waals surface area contributed by atoms with Gasteiger partial charge in [0.1, 0.15) is 0 Å². The van der Waals surface area contributed by atoms with Crippen LogP contribution in [0.2, 0.25) is 0 Å². The Labute approximate surface area is 148 Å². The van der Waals surface area contributed by atoms with E-state index in [2.05, 4.69) is 0 Å². The lowest BCUT2D eigenvalue weighted by Crippen LogP contribution is -2.41. The minimum atomic E-state index is -0.225. The molecule has 2 aliphatic rings. The van der Waals surface area contributed by atoms with Crippen molar-refractivity contribution in [2.24, 2.45) is 5.92 Å². The summed E-state index contributed by atoms with van der Waals surface area (Å²) < 4.78 is 10.7. The van der Waals surface area contributed by atoms with E-state index in [9.17, 15) is 9.59 Å². The highest BCUT2D eigenvalue weighted by Crippen LogP contribution is 2.34. The maximum absolute atomic E-state index is 12.9. The molecule has 1 aromatic rings. The van der Waals surface area contributed by atoms with Crippen molar-refractivity contribution in [1.29, 1.82) is 0 Å². The summed E-state index contributed by atoms with van der Waals surface area (Å²) in [4.78, 5) is 28.7. The summed E-state index contributed by atoms with van der Waals surface area (Å²) in [6.45, 7) is 5.74. The molecular formula is C19H26N2O4. The van der Waals surface area contributed by atoms with Gasteiger partial charge in [0.2, 0.25) is 11.8 Å². The van der Waals surface area contributed by atoms with Crippen molar-refractivity contribution in [2.75, 3.05) is 27.3 Å². The lowest BCUT2D eigenvalue weighted by molar-refractivity contribution is -0.136. The minimum absolute atomic E-state index is 0.0805. The number of methoxy groups -OCH3 is 2. The molecule has 1 atom stereocenters. The van der Waals surface area contributed by atoms with Crippen LogP contribution in [0.1, 0.15) is 31.4 Å². The fraction of sp³-hybridized carbons (Fsp3) is 0.579. The van der Waals surface area contributed by atoms with Crippen LogP contribution in [-0.2, 0) is 22.6 Å². The molecule has 6 nitrogen and oxygen atoms in total. The molecule has 136 valence electrons. The summed E-state index contributed by atoms with van der Waals surface area (Å²) >= 11 is 0. The zero-order valence-corrected chi connectivity index (χ0v) is 15.4. The van der Waals surface area contributed by atoms with Crippen LogP contribution in [0.15, 0.2) is 12.1 Å². The first-order valence-electron chi connectivity index (χ1n) is 8.76. The van der Waals surface area contributed by atoms with Gasteiger partial charge in [-0.2, -0.15) is 0 Å². The molecular weight excluding hydrogens is 320 g/mol. The van der Waals surface area contributed by atoms with E-state index in [4.69, 9.17) is 9.47 Å². The molecule has 3 rings (SSSR count). The lowest BCUT2D eigenvalue weighted by Gasteiger charge is -2.31. The Bertz CT molecular complexity index is 686. The van der Waals surface area contributed by atoms with Crippen molar-refractivity contribution in [3.63, 3.8) is 0 Å². The molecule has 2 aliphatic heterocycles. The van der Waals surface area contributed by atoms with Gasteiger partial charge in [0.15, 0.2) is 11.5 Å². The highest BCUT2D eigenvalue weighted by atomic mass is 16.5. The highest BCUT2D eigenvalue weighted by molar-refractivity contribution is 5.89. The number of nitrogens with zero attached hydrogens (tertiary/aromatic N) is 2. The molecule has 0 unspecified atom stereocenters. The summed E-state index contributed by atoms with van der Waals surface area (Å²) in [7, 11) is 3.24. The summed E-state index contributed by atoms with van der Waals surface area (Å²) in [6, 6.07) is 4.09. The van der Waals surface area contributed by atoms with Crippen LogP contribution in [0.4, 0.5) is 0 Å². The van der Waals surface area contributed by atoms with Crippen LogP contribution in [-0.4, -0.2) is 55.0 Å². The number of fused-ring (bicyclic) bond motifs is 1. The van der Waals surface area contributed by atoms with Crippen molar-refractivity contribution in [3.05, 3.63) is 23.3 Å². The smallest absolute Gasteiger partial charge is 0.228 e. The van der Waals surface area contributed by atoms with E-state index in [-0.39, 0.29) is 23.8 Å². The van der Waals surface area contributed by atoms with Crippen LogP contribution in [0.25, 0.3) is 0 Å².